The van der Waals surface area contributed by atoms with E-state index in [9.17, 15) is 4.79 Å². The van der Waals surface area contributed by atoms with Gasteiger partial charge in [0.2, 0.25) is 0 Å². The summed E-state index contributed by atoms with van der Waals surface area (Å²) >= 11 is 0. The van der Waals surface area contributed by atoms with Crippen LogP contribution in [0.5, 0.6) is 0 Å². The molecule has 3 nitrogen and oxygen atoms in total. The summed E-state index contributed by atoms with van der Waals surface area (Å²) in [5, 5.41) is 0. The summed E-state index contributed by atoms with van der Waals surface area (Å²) in [7, 11) is 0. The molecule has 2 saturated carbocycles. The van der Waals surface area contributed by atoms with E-state index in [1.54, 1.807) is 0 Å². The third-order valence-electron chi connectivity index (χ3n) is 4.24. The van der Waals surface area contributed by atoms with Gasteiger partial charge in [0.05, 0.1) is 0 Å². The van der Waals surface area contributed by atoms with Crippen molar-refractivity contribution in [1.82, 2.24) is 4.90 Å². The zero-order chi connectivity index (χ0) is 13.4. The van der Waals surface area contributed by atoms with Crippen LogP contribution in [0.1, 0.15) is 41.6 Å². The molecule has 0 aromatic heterocycles. The van der Waals surface area contributed by atoms with E-state index in [1.807, 2.05) is 25.1 Å². The first-order valence-corrected chi connectivity index (χ1v) is 7.29. The van der Waals surface area contributed by atoms with Crippen LogP contribution in [-0.4, -0.2) is 23.9 Å². The number of carbonyl (C=O) groups excluding carboxylic acids is 1. The smallest absolute Gasteiger partial charge is 0.254 e. The predicted octanol–water partition coefficient (Wildman–Crippen LogP) is 2.84. The van der Waals surface area contributed by atoms with Crippen LogP contribution < -0.4 is 5.73 Å². The van der Waals surface area contributed by atoms with Gasteiger partial charge < -0.3 is 10.6 Å². The van der Waals surface area contributed by atoms with E-state index < -0.39 is 0 Å². The normalized spacial score (nSPS) is 18.4. The Labute approximate surface area is 114 Å². The highest BCUT2D eigenvalue weighted by Gasteiger charge is 2.32. The Bertz CT molecular complexity index is 476. The Kier molecular flexibility index (Phi) is 3.21. The van der Waals surface area contributed by atoms with Gasteiger partial charge in [0, 0.05) is 24.3 Å². The largest absolute Gasteiger partial charge is 0.398 e. The molecule has 0 saturated heterocycles. The Balaban J connectivity index is 1.79. The monoisotopic (exact) mass is 258 g/mol. The van der Waals surface area contributed by atoms with Crippen LogP contribution in [0, 0.1) is 18.8 Å². The summed E-state index contributed by atoms with van der Waals surface area (Å²) in [6.07, 6.45) is 5.13. The molecule has 102 valence electrons. The lowest BCUT2D eigenvalue weighted by Crippen LogP contribution is -2.35. The van der Waals surface area contributed by atoms with Gasteiger partial charge in [-0.25, -0.2) is 0 Å². The lowest BCUT2D eigenvalue weighted by atomic mass is 10.1. The minimum Gasteiger partial charge on any atom is -0.398 e. The molecule has 1 aromatic rings. The highest BCUT2D eigenvalue weighted by Crippen LogP contribution is 2.34. The Morgan fingerprint density at radius 1 is 1.21 bits per heavy atom. The van der Waals surface area contributed by atoms with Crippen molar-refractivity contribution in [3.05, 3.63) is 29.3 Å². The molecular formula is C16H22N2O. The number of nitrogen functional groups attached to an aromatic ring is 1. The minimum absolute atomic E-state index is 0.170. The number of anilines is 1. The molecule has 0 unspecified atom stereocenters. The molecule has 1 amide bonds. The fourth-order valence-electron chi connectivity index (χ4n) is 2.52. The highest BCUT2D eigenvalue weighted by atomic mass is 16.2. The topological polar surface area (TPSA) is 46.3 Å². The Morgan fingerprint density at radius 3 is 2.32 bits per heavy atom. The van der Waals surface area contributed by atoms with E-state index >= 15 is 0 Å². The van der Waals surface area contributed by atoms with Crippen molar-refractivity contribution in [3.63, 3.8) is 0 Å². The van der Waals surface area contributed by atoms with E-state index in [4.69, 9.17) is 5.73 Å². The maximum Gasteiger partial charge on any atom is 0.254 e. The Hall–Kier alpha value is -1.51. The summed E-state index contributed by atoms with van der Waals surface area (Å²) in [4.78, 5) is 14.8. The first kappa shape index (κ1) is 12.5. The second-order valence-corrected chi connectivity index (χ2v) is 6.12. The SMILES string of the molecule is Cc1c(N)cccc1C(=O)N(CC1CC1)CC1CC1. The second-order valence-electron chi connectivity index (χ2n) is 6.12. The number of carbonyl (C=O) groups is 1. The van der Waals surface area contributed by atoms with Gasteiger partial charge in [-0.05, 0) is 62.1 Å². The first-order chi connectivity index (χ1) is 9.15. The van der Waals surface area contributed by atoms with Gasteiger partial charge in [-0.15, -0.1) is 0 Å². The van der Waals surface area contributed by atoms with Crippen LogP contribution in [0.25, 0.3) is 0 Å². The van der Waals surface area contributed by atoms with Gasteiger partial charge >= 0.3 is 0 Å². The molecule has 0 spiro atoms. The lowest BCUT2D eigenvalue weighted by molar-refractivity contribution is 0.0739. The highest BCUT2D eigenvalue weighted by molar-refractivity contribution is 5.97. The number of hydrogen-bond acceptors (Lipinski definition) is 2. The fraction of sp³-hybridized carbons (Fsp3) is 0.562. The molecule has 0 atom stereocenters. The molecule has 0 aliphatic heterocycles. The molecule has 19 heavy (non-hydrogen) atoms. The zero-order valence-corrected chi connectivity index (χ0v) is 11.6. The van der Waals surface area contributed by atoms with Crippen LogP contribution in [-0.2, 0) is 0 Å². The molecule has 2 N–H and O–H groups in total. The lowest BCUT2D eigenvalue weighted by Gasteiger charge is -2.23. The molecule has 3 rings (SSSR count). The maximum atomic E-state index is 12.7. The van der Waals surface area contributed by atoms with E-state index in [1.165, 1.54) is 25.7 Å². The summed E-state index contributed by atoms with van der Waals surface area (Å²) in [6.45, 7) is 3.81. The third-order valence-corrected chi connectivity index (χ3v) is 4.24. The van der Waals surface area contributed by atoms with Crippen molar-refractivity contribution in [2.45, 2.75) is 32.6 Å². The second kappa shape index (κ2) is 4.87. The fourth-order valence-corrected chi connectivity index (χ4v) is 2.52. The van der Waals surface area contributed by atoms with Crippen molar-refractivity contribution in [2.75, 3.05) is 18.8 Å². The number of nitrogens with two attached hydrogens (primary N) is 1. The number of amides is 1. The quantitative estimate of drug-likeness (QED) is 0.825. The summed E-state index contributed by atoms with van der Waals surface area (Å²) in [5.41, 5.74) is 8.33. The number of rotatable bonds is 5. The average molecular weight is 258 g/mol. The first-order valence-electron chi connectivity index (χ1n) is 7.29. The van der Waals surface area contributed by atoms with Crippen LogP contribution in [0.2, 0.25) is 0 Å². The molecule has 2 aliphatic carbocycles. The number of benzene rings is 1. The van der Waals surface area contributed by atoms with Gasteiger partial charge in [0.15, 0.2) is 0 Å². The van der Waals surface area contributed by atoms with E-state index in [0.717, 1.165) is 36.1 Å². The van der Waals surface area contributed by atoms with Crippen molar-refractivity contribution in [1.29, 1.82) is 0 Å². The van der Waals surface area contributed by atoms with Gasteiger partial charge in [-0.3, -0.25) is 4.79 Å². The van der Waals surface area contributed by atoms with E-state index in [2.05, 4.69) is 4.90 Å². The van der Waals surface area contributed by atoms with E-state index in [0.29, 0.717) is 5.69 Å². The van der Waals surface area contributed by atoms with Gasteiger partial charge in [0.25, 0.3) is 5.91 Å². The molecule has 0 heterocycles. The van der Waals surface area contributed by atoms with Crippen LogP contribution in [0.3, 0.4) is 0 Å². The van der Waals surface area contributed by atoms with Gasteiger partial charge in [-0.1, -0.05) is 6.07 Å². The molecular weight excluding hydrogens is 236 g/mol. The third kappa shape index (κ3) is 2.91. The van der Waals surface area contributed by atoms with Gasteiger partial charge in [0.1, 0.15) is 0 Å². The van der Waals surface area contributed by atoms with Crippen LogP contribution in [0.15, 0.2) is 18.2 Å². The summed E-state index contributed by atoms with van der Waals surface area (Å²) < 4.78 is 0. The van der Waals surface area contributed by atoms with Gasteiger partial charge in [-0.2, -0.15) is 0 Å². The van der Waals surface area contributed by atoms with Crippen molar-refractivity contribution in [3.8, 4) is 0 Å². The maximum absolute atomic E-state index is 12.7. The van der Waals surface area contributed by atoms with Crippen LogP contribution >= 0.6 is 0 Å². The van der Waals surface area contributed by atoms with Crippen molar-refractivity contribution >= 4 is 11.6 Å². The molecule has 0 radical (unpaired) electrons. The molecule has 3 heteroatoms. The Morgan fingerprint density at radius 2 is 1.79 bits per heavy atom. The van der Waals surface area contributed by atoms with Crippen molar-refractivity contribution < 1.29 is 4.79 Å². The molecule has 2 aliphatic rings. The number of hydrogen-bond donors (Lipinski definition) is 1. The summed E-state index contributed by atoms with van der Waals surface area (Å²) in [6, 6.07) is 5.64. The average Bonchev–Trinajstić information content (AvgIpc) is 3.26. The molecule has 2 fully saturated rings. The molecule has 0 bridgehead atoms. The molecule has 1 aromatic carbocycles. The number of nitrogens with zero attached hydrogens (tertiary/aromatic N) is 1. The standard InChI is InChI=1S/C16H22N2O/c1-11-14(3-2-4-15(11)17)16(19)18(9-12-5-6-12)10-13-7-8-13/h2-4,12-13H,5-10,17H2,1H3. The van der Waals surface area contributed by atoms with Crippen molar-refractivity contribution in [2.24, 2.45) is 11.8 Å². The van der Waals surface area contributed by atoms with E-state index in [-0.39, 0.29) is 5.91 Å². The minimum atomic E-state index is 0.170. The predicted molar refractivity (Wildman–Crippen MR) is 76.9 cm³/mol. The van der Waals surface area contributed by atoms with Crippen LogP contribution in [0.4, 0.5) is 5.69 Å². The summed E-state index contributed by atoms with van der Waals surface area (Å²) in [5.74, 6) is 1.65. The zero-order valence-electron chi connectivity index (χ0n) is 11.6.